The maximum absolute atomic E-state index is 12.8. The number of benzene rings is 2. The fourth-order valence-electron chi connectivity index (χ4n) is 3.28. The number of fused-ring (bicyclic) bond motifs is 2. The Bertz CT molecular complexity index is 1410. The number of nitrogens with zero attached hydrogens (tertiary/aromatic N) is 5. The number of likely N-dealkylation sites (N-methyl/N-ethyl adjacent to an activating group) is 1. The molecule has 0 aliphatic carbocycles. The lowest BCUT2D eigenvalue weighted by molar-refractivity contribution is -0.121. The predicted molar refractivity (Wildman–Crippen MR) is 129 cm³/mol. The maximum atomic E-state index is 12.8. The molecule has 0 bridgehead atoms. The van der Waals surface area contributed by atoms with Crippen LogP contribution >= 0.6 is 22.7 Å². The number of aromatic nitrogens is 4. The molecule has 0 spiro atoms. The van der Waals surface area contributed by atoms with Crippen molar-refractivity contribution in [2.45, 2.75) is 6.92 Å². The van der Waals surface area contributed by atoms with Crippen molar-refractivity contribution in [3.63, 3.8) is 0 Å². The Morgan fingerprint density at radius 1 is 0.909 bits per heavy atom. The van der Waals surface area contributed by atoms with Gasteiger partial charge in [-0.3, -0.25) is 9.69 Å². The second kappa shape index (κ2) is 9.00. The zero-order chi connectivity index (χ0) is 22.8. The molecule has 3 aromatic heterocycles. The lowest BCUT2D eigenvalue weighted by Crippen LogP contribution is -2.34. The lowest BCUT2D eigenvalue weighted by atomic mass is 10.3. The molecule has 0 atom stereocenters. The Labute approximate surface area is 196 Å². The van der Waals surface area contributed by atoms with Crippen LogP contribution in [0.25, 0.3) is 31.1 Å². The molecule has 3 heterocycles. The second-order valence-corrected chi connectivity index (χ2v) is 8.96. The van der Waals surface area contributed by atoms with E-state index in [1.165, 1.54) is 40.0 Å². The van der Waals surface area contributed by atoms with Gasteiger partial charge in [0.1, 0.15) is 10.7 Å². The van der Waals surface area contributed by atoms with E-state index >= 15 is 0 Å². The fraction of sp³-hybridized carbons (Fsp3) is 0.130. The highest BCUT2D eigenvalue weighted by atomic mass is 32.1. The molecule has 10 heteroatoms. The standard InChI is InChI=1S/C23H17N5O3S2/c1-2-28(23-27-15-8-4-6-10-17(15)33-23)18(29)13-31-22(30)20-19(24-11-12-25-20)21-26-14-7-3-5-9-16(14)32-21/h3-12H,2,13H2,1H3. The highest BCUT2D eigenvalue weighted by Gasteiger charge is 2.23. The topological polar surface area (TPSA) is 98.2 Å². The Hall–Kier alpha value is -3.76. The number of esters is 1. The molecule has 2 aromatic carbocycles. The van der Waals surface area contributed by atoms with Crippen molar-refractivity contribution in [3.05, 3.63) is 66.6 Å². The number of hydrogen-bond acceptors (Lipinski definition) is 9. The minimum absolute atomic E-state index is 0.0207. The molecule has 8 nitrogen and oxygen atoms in total. The van der Waals surface area contributed by atoms with Crippen LogP contribution in [0.1, 0.15) is 17.4 Å². The van der Waals surface area contributed by atoms with Crippen LogP contribution in [-0.4, -0.2) is 45.0 Å². The van der Waals surface area contributed by atoms with Gasteiger partial charge in [0, 0.05) is 18.9 Å². The highest BCUT2D eigenvalue weighted by molar-refractivity contribution is 7.22. The lowest BCUT2D eigenvalue weighted by Gasteiger charge is -2.17. The van der Waals surface area contributed by atoms with Crippen molar-refractivity contribution in [2.24, 2.45) is 0 Å². The summed E-state index contributed by atoms with van der Waals surface area (Å²) in [6.45, 7) is 1.82. The molecule has 33 heavy (non-hydrogen) atoms. The van der Waals surface area contributed by atoms with E-state index in [-0.39, 0.29) is 11.6 Å². The van der Waals surface area contributed by atoms with Crippen molar-refractivity contribution in [2.75, 3.05) is 18.1 Å². The average Bonchev–Trinajstić information content (AvgIpc) is 3.47. The summed E-state index contributed by atoms with van der Waals surface area (Å²) < 4.78 is 7.28. The number of anilines is 1. The highest BCUT2D eigenvalue weighted by Crippen LogP contribution is 2.31. The Balaban J connectivity index is 1.34. The van der Waals surface area contributed by atoms with Gasteiger partial charge < -0.3 is 4.74 Å². The Morgan fingerprint density at radius 2 is 1.58 bits per heavy atom. The SMILES string of the molecule is CCN(C(=O)COC(=O)c1nccnc1-c1nc2ccccc2s1)c1nc2ccccc2s1. The fourth-order valence-corrected chi connectivity index (χ4v) is 5.29. The quantitative estimate of drug-likeness (QED) is 0.332. The van der Waals surface area contributed by atoms with E-state index in [1.807, 2.05) is 55.5 Å². The van der Waals surface area contributed by atoms with Crippen molar-refractivity contribution in [3.8, 4) is 10.7 Å². The zero-order valence-corrected chi connectivity index (χ0v) is 19.1. The van der Waals surface area contributed by atoms with Crippen molar-refractivity contribution < 1.29 is 14.3 Å². The number of thiazole rings is 2. The van der Waals surface area contributed by atoms with Crippen LogP contribution in [0.5, 0.6) is 0 Å². The number of para-hydroxylation sites is 2. The van der Waals surface area contributed by atoms with E-state index in [9.17, 15) is 9.59 Å². The number of amides is 1. The van der Waals surface area contributed by atoms with E-state index in [0.29, 0.717) is 22.4 Å². The number of ether oxygens (including phenoxy) is 1. The van der Waals surface area contributed by atoms with E-state index in [4.69, 9.17) is 4.74 Å². The third-order valence-electron chi connectivity index (χ3n) is 4.85. The monoisotopic (exact) mass is 475 g/mol. The number of hydrogen-bond donors (Lipinski definition) is 0. The van der Waals surface area contributed by atoms with Gasteiger partial charge >= 0.3 is 5.97 Å². The van der Waals surface area contributed by atoms with Crippen molar-refractivity contribution in [1.29, 1.82) is 0 Å². The normalized spacial score (nSPS) is 11.1. The molecule has 1 amide bonds. The van der Waals surface area contributed by atoms with E-state index in [2.05, 4.69) is 19.9 Å². The van der Waals surface area contributed by atoms with Gasteiger partial charge in [-0.15, -0.1) is 11.3 Å². The molecule has 0 N–H and O–H groups in total. The maximum Gasteiger partial charge on any atom is 0.359 e. The van der Waals surface area contributed by atoms with Gasteiger partial charge in [0.25, 0.3) is 5.91 Å². The van der Waals surface area contributed by atoms with E-state index < -0.39 is 12.6 Å². The molecule has 0 aliphatic heterocycles. The molecule has 5 rings (SSSR count). The molecule has 0 fully saturated rings. The molecule has 5 aromatic rings. The summed E-state index contributed by atoms with van der Waals surface area (Å²) in [5, 5.41) is 1.13. The van der Waals surface area contributed by atoms with Crippen LogP contribution in [0, 0.1) is 0 Å². The smallest absolute Gasteiger partial charge is 0.359 e. The average molecular weight is 476 g/mol. The zero-order valence-electron chi connectivity index (χ0n) is 17.5. The van der Waals surface area contributed by atoms with Crippen molar-refractivity contribution >= 4 is 60.1 Å². The molecular formula is C23H17N5O3S2. The largest absolute Gasteiger partial charge is 0.451 e. The van der Waals surface area contributed by atoms with Gasteiger partial charge in [-0.25, -0.2) is 24.7 Å². The number of rotatable bonds is 6. The molecule has 0 aliphatic rings. The third-order valence-corrected chi connectivity index (χ3v) is 6.95. The summed E-state index contributed by atoms with van der Waals surface area (Å²) in [6.07, 6.45) is 2.91. The van der Waals surface area contributed by atoms with Crippen LogP contribution in [0.4, 0.5) is 5.13 Å². The molecule has 164 valence electrons. The predicted octanol–water partition coefficient (Wildman–Crippen LogP) is 4.57. The van der Waals surface area contributed by atoms with Gasteiger partial charge in [0.05, 0.1) is 20.4 Å². The summed E-state index contributed by atoms with van der Waals surface area (Å²) >= 11 is 2.83. The van der Waals surface area contributed by atoms with Crippen LogP contribution in [-0.2, 0) is 9.53 Å². The van der Waals surface area contributed by atoms with Crippen LogP contribution in [0.3, 0.4) is 0 Å². The van der Waals surface area contributed by atoms with Crippen LogP contribution in [0.2, 0.25) is 0 Å². The molecule has 0 radical (unpaired) electrons. The number of carbonyl (C=O) groups excluding carboxylic acids is 2. The second-order valence-electron chi connectivity index (χ2n) is 6.92. The molecule has 0 saturated carbocycles. The van der Waals surface area contributed by atoms with E-state index in [1.54, 1.807) is 0 Å². The van der Waals surface area contributed by atoms with Gasteiger partial charge in [-0.1, -0.05) is 35.6 Å². The first-order valence-corrected chi connectivity index (χ1v) is 11.8. The minimum atomic E-state index is -0.731. The Kier molecular flexibility index (Phi) is 5.76. The van der Waals surface area contributed by atoms with E-state index in [0.717, 1.165) is 20.4 Å². The van der Waals surface area contributed by atoms with Gasteiger partial charge in [0.2, 0.25) is 0 Å². The Morgan fingerprint density at radius 3 is 2.27 bits per heavy atom. The summed E-state index contributed by atoms with van der Waals surface area (Å²) in [5.41, 5.74) is 1.98. The first-order chi connectivity index (χ1) is 16.1. The minimum Gasteiger partial charge on any atom is -0.451 e. The van der Waals surface area contributed by atoms with Gasteiger partial charge in [-0.05, 0) is 31.2 Å². The number of carbonyl (C=O) groups is 2. The molecular weight excluding hydrogens is 458 g/mol. The summed E-state index contributed by atoms with van der Waals surface area (Å²) in [7, 11) is 0. The van der Waals surface area contributed by atoms with Gasteiger partial charge in [0.15, 0.2) is 17.4 Å². The van der Waals surface area contributed by atoms with Crippen LogP contribution in [0.15, 0.2) is 60.9 Å². The van der Waals surface area contributed by atoms with Crippen molar-refractivity contribution in [1.82, 2.24) is 19.9 Å². The molecule has 0 unspecified atom stereocenters. The summed E-state index contributed by atoms with van der Waals surface area (Å²) in [4.78, 5) is 44.7. The third kappa shape index (κ3) is 4.18. The van der Waals surface area contributed by atoms with Crippen LogP contribution < -0.4 is 4.90 Å². The molecule has 0 saturated heterocycles. The first-order valence-electron chi connectivity index (χ1n) is 10.1. The van der Waals surface area contributed by atoms with Gasteiger partial charge in [-0.2, -0.15) is 0 Å². The summed E-state index contributed by atoms with van der Waals surface area (Å²) in [5.74, 6) is -1.10. The first kappa shape index (κ1) is 21.1. The summed E-state index contributed by atoms with van der Waals surface area (Å²) in [6, 6.07) is 15.3.